The Morgan fingerprint density at radius 3 is 2.73 bits per heavy atom. The molecule has 2 rings (SSSR count). The number of amides is 1. The van der Waals surface area contributed by atoms with E-state index in [2.05, 4.69) is 10.5 Å². The third kappa shape index (κ3) is 1.71. The summed E-state index contributed by atoms with van der Waals surface area (Å²) in [4.78, 5) is 15.0. The Labute approximate surface area is 85.3 Å². The van der Waals surface area contributed by atoms with Gasteiger partial charge in [0, 0.05) is 18.0 Å². The number of carbonyl (C=O) groups excluding carboxylic acids is 1. The van der Waals surface area contributed by atoms with Crippen LogP contribution >= 0.6 is 0 Å². The number of carbonyl (C=O) groups is 1. The van der Waals surface area contributed by atoms with E-state index in [9.17, 15) is 9.28 Å². The summed E-state index contributed by atoms with van der Waals surface area (Å²) >= 11 is 0. The third-order valence-corrected chi connectivity index (χ3v) is 1.95. The molecule has 1 heterocycles. The molecule has 0 aliphatic rings. The summed E-state index contributed by atoms with van der Waals surface area (Å²) in [5.41, 5.74) is 2.84. The molecule has 0 bridgehead atoms. The lowest BCUT2D eigenvalue weighted by molar-refractivity contribution is 0.216. The van der Waals surface area contributed by atoms with Crippen molar-refractivity contribution in [2.75, 3.05) is 0 Å². The van der Waals surface area contributed by atoms with E-state index in [1.807, 2.05) is 18.2 Å². The van der Waals surface area contributed by atoms with Crippen LogP contribution in [-0.4, -0.2) is 15.6 Å². The summed E-state index contributed by atoms with van der Waals surface area (Å²) in [7, 11) is 0. The summed E-state index contributed by atoms with van der Waals surface area (Å²) in [5.74, 6) is 0.377. The number of nitrogens with zero attached hydrogens (tertiary/aromatic N) is 3. The zero-order valence-corrected chi connectivity index (χ0v) is 7.67. The summed E-state index contributed by atoms with van der Waals surface area (Å²) in [6, 6.07) is 8.05. The van der Waals surface area contributed by atoms with Crippen molar-refractivity contribution in [3.05, 3.63) is 42.7 Å². The van der Waals surface area contributed by atoms with Crippen LogP contribution in [0.25, 0.3) is 11.4 Å². The number of benzene rings is 1. The van der Waals surface area contributed by atoms with Gasteiger partial charge in [-0.1, -0.05) is 34.8 Å². The molecule has 0 spiro atoms. The van der Waals surface area contributed by atoms with E-state index in [1.54, 1.807) is 12.1 Å². The van der Waals surface area contributed by atoms with E-state index in [-0.39, 0.29) is 0 Å². The van der Waals surface area contributed by atoms with Gasteiger partial charge < -0.3 is 0 Å². The van der Waals surface area contributed by atoms with Crippen LogP contribution in [0.3, 0.4) is 0 Å². The number of hydrogen-bond donors (Lipinski definition) is 0. The third-order valence-electron chi connectivity index (χ3n) is 1.95. The van der Waals surface area contributed by atoms with Crippen molar-refractivity contribution in [2.24, 2.45) is 0 Å². The summed E-state index contributed by atoms with van der Waals surface area (Å²) in [5, 5.41) is 0. The van der Waals surface area contributed by atoms with Crippen molar-refractivity contribution >= 4 is 6.03 Å². The second kappa shape index (κ2) is 3.91. The zero-order valence-electron chi connectivity index (χ0n) is 7.67. The molecule has 0 unspecified atom stereocenters. The molecule has 75 valence electrons. The Morgan fingerprint density at radius 2 is 2.07 bits per heavy atom. The molecule has 0 aliphatic carbocycles. The van der Waals surface area contributed by atoms with Gasteiger partial charge in [0.2, 0.25) is 0 Å². The second-order valence-electron chi connectivity index (χ2n) is 2.85. The minimum Gasteiger partial charge on any atom is -0.248 e. The number of rotatable bonds is 1. The van der Waals surface area contributed by atoms with Gasteiger partial charge in [0.15, 0.2) is 0 Å². The van der Waals surface area contributed by atoms with E-state index in [4.69, 9.17) is 0 Å². The van der Waals surface area contributed by atoms with Crippen LogP contribution in [0, 0.1) is 0 Å². The van der Waals surface area contributed by atoms with E-state index in [1.165, 1.54) is 12.4 Å². The normalized spacial score (nSPS) is 9.93. The van der Waals surface area contributed by atoms with Crippen LogP contribution in [-0.2, 0) is 0 Å². The van der Waals surface area contributed by atoms with Gasteiger partial charge >= 0.3 is 6.03 Å². The average molecular weight is 204 g/mol. The van der Waals surface area contributed by atoms with E-state index in [0.29, 0.717) is 5.82 Å². The molecule has 2 aromatic rings. The molecule has 1 aromatic carbocycles. The lowest BCUT2D eigenvalue weighted by Gasteiger charge is -2.02. The highest BCUT2D eigenvalue weighted by Gasteiger charge is 2.12. The van der Waals surface area contributed by atoms with Gasteiger partial charge in [-0.25, -0.2) is 14.3 Å². The highest BCUT2D eigenvalue weighted by Crippen LogP contribution is 2.16. The summed E-state index contributed by atoms with van der Waals surface area (Å²) in [6.07, 6.45) is 2.79. The first-order valence-corrected chi connectivity index (χ1v) is 4.28. The fraction of sp³-hybridized carbons (Fsp3) is 0. The van der Waals surface area contributed by atoms with Gasteiger partial charge in [-0.15, -0.1) is 0 Å². The predicted octanol–water partition coefficient (Wildman–Crippen LogP) is 2.01. The fourth-order valence-corrected chi connectivity index (χ4v) is 1.30. The molecule has 0 fully saturated rings. The maximum absolute atomic E-state index is 11.9. The quantitative estimate of drug-likeness (QED) is 0.713. The zero-order chi connectivity index (χ0) is 10.7. The Kier molecular flexibility index (Phi) is 2.45. The SMILES string of the molecule is O=C([N]F)n1ccnc1-c1ccccc1. The van der Waals surface area contributed by atoms with Gasteiger partial charge in [-0.2, -0.15) is 0 Å². The number of halogens is 1. The van der Waals surface area contributed by atoms with Crippen molar-refractivity contribution in [3.8, 4) is 11.4 Å². The molecule has 0 saturated carbocycles. The highest BCUT2D eigenvalue weighted by molar-refractivity contribution is 5.80. The van der Waals surface area contributed by atoms with Gasteiger partial charge in [0.05, 0.1) is 0 Å². The van der Waals surface area contributed by atoms with Crippen LogP contribution in [0.1, 0.15) is 0 Å². The largest absolute Gasteiger partial charge is 0.380 e. The van der Waals surface area contributed by atoms with Gasteiger partial charge in [0.1, 0.15) is 5.82 Å². The lowest BCUT2D eigenvalue weighted by atomic mass is 10.2. The second-order valence-corrected chi connectivity index (χ2v) is 2.85. The molecule has 0 saturated heterocycles. The first-order valence-electron chi connectivity index (χ1n) is 4.28. The van der Waals surface area contributed by atoms with Crippen molar-refractivity contribution in [1.82, 2.24) is 15.1 Å². The first kappa shape index (κ1) is 9.39. The monoisotopic (exact) mass is 204 g/mol. The molecule has 0 N–H and O–H groups in total. The molecular formula is C10H7FN3O. The lowest BCUT2D eigenvalue weighted by Crippen LogP contribution is -2.16. The predicted molar refractivity (Wildman–Crippen MR) is 51.7 cm³/mol. The maximum Gasteiger partial charge on any atom is 0.380 e. The average Bonchev–Trinajstić information content (AvgIpc) is 2.78. The van der Waals surface area contributed by atoms with Gasteiger partial charge in [0.25, 0.3) is 0 Å². The van der Waals surface area contributed by atoms with Crippen LogP contribution in [0.15, 0.2) is 42.7 Å². The van der Waals surface area contributed by atoms with Gasteiger partial charge in [-0.3, -0.25) is 0 Å². The topological polar surface area (TPSA) is 49.0 Å². The molecule has 1 amide bonds. The smallest absolute Gasteiger partial charge is 0.248 e. The van der Waals surface area contributed by atoms with Crippen molar-refractivity contribution < 1.29 is 9.28 Å². The summed E-state index contributed by atoms with van der Waals surface area (Å²) < 4.78 is 12.9. The molecule has 5 heteroatoms. The van der Waals surface area contributed by atoms with Crippen LogP contribution in [0.5, 0.6) is 0 Å². The first-order chi connectivity index (χ1) is 7.33. The van der Waals surface area contributed by atoms with E-state index < -0.39 is 6.03 Å². The number of hydrogen-bond acceptors (Lipinski definition) is 2. The summed E-state index contributed by atoms with van der Waals surface area (Å²) in [6.45, 7) is 0. The van der Waals surface area contributed by atoms with Crippen LogP contribution in [0.4, 0.5) is 9.28 Å². The molecule has 15 heavy (non-hydrogen) atoms. The van der Waals surface area contributed by atoms with Crippen molar-refractivity contribution in [3.63, 3.8) is 0 Å². The van der Waals surface area contributed by atoms with Crippen molar-refractivity contribution in [2.45, 2.75) is 0 Å². The minimum absolute atomic E-state index is 0.377. The number of aromatic nitrogens is 2. The van der Waals surface area contributed by atoms with Crippen LogP contribution < -0.4 is 5.54 Å². The molecule has 0 aliphatic heterocycles. The number of imidazole rings is 1. The fourth-order valence-electron chi connectivity index (χ4n) is 1.30. The minimum atomic E-state index is -0.980. The van der Waals surface area contributed by atoms with Crippen LogP contribution in [0.2, 0.25) is 0 Å². The van der Waals surface area contributed by atoms with E-state index in [0.717, 1.165) is 10.1 Å². The molecule has 0 atom stereocenters. The Bertz CT molecular complexity index is 467. The Balaban J connectivity index is 2.46. The standard InChI is InChI=1S/C10H7FN3O/c11-13-10(15)14-7-6-12-9(14)8-4-2-1-3-5-8/h1-7H. The van der Waals surface area contributed by atoms with Crippen molar-refractivity contribution in [1.29, 1.82) is 0 Å². The van der Waals surface area contributed by atoms with E-state index >= 15 is 0 Å². The van der Waals surface area contributed by atoms with Gasteiger partial charge in [-0.05, 0) is 5.54 Å². The Hall–Kier alpha value is -2.17. The molecular weight excluding hydrogens is 197 g/mol. The Morgan fingerprint density at radius 1 is 1.33 bits per heavy atom. The molecule has 1 radical (unpaired) electrons. The highest BCUT2D eigenvalue weighted by atomic mass is 19.2. The molecule has 4 nitrogen and oxygen atoms in total. The maximum atomic E-state index is 11.9. The molecule has 1 aromatic heterocycles.